The number of carbonyl (C=O) groups is 2. The Labute approximate surface area is 254 Å². The second-order valence-electron chi connectivity index (χ2n) is 10.7. The number of ether oxygens (including phenoxy) is 2. The average Bonchev–Trinajstić information content (AvgIpc) is 3.40. The van der Waals surface area contributed by atoms with Gasteiger partial charge in [-0.1, -0.05) is 12.1 Å². The summed E-state index contributed by atoms with van der Waals surface area (Å²) >= 11 is 0. The average molecular weight is 619 g/mol. The number of nitrogens with one attached hydrogen (secondary N) is 1. The molecule has 5 rings (SSSR count). The summed E-state index contributed by atoms with van der Waals surface area (Å²) in [5.74, 6) is -0.730. The van der Waals surface area contributed by atoms with Gasteiger partial charge < -0.3 is 18.9 Å². The van der Waals surface area contributed by atoms with Gasteiger partial charge in [-0.15, -0.1) is 0 Å². The summed E-state index contributed by atoms with van der Waals surface area (Å²) in [6.07, 6.45) is 2.64. The number of aryl methyl sites for hydroxylation is 1. The molecule has 228 valence electrons. The van der Waals surface area contributed by atoms with Gasteiger partial charge in [-0.05, 0) is 49.2 Å². The number of hydrogen-bond acceptors (Lipinski definition) is 9. The van der Waals surface area contributed by atoms with Crippen LogP contribution in [-0.2, 0) is 27.6 Å². The number of imidazole rings is 1. The number of aromatic nitrogens is 3. The van der Waals surface area contributed by atoms with Crippen molar-refractivity contribution in [3.8, 4) is 11.9 Å². The molecule has 44 heavy (non-hydrogen) atoms. The van der Waals surface area contributed by atoms with Crippen LogP contribution >= 0.6 is 0 Å². The van der Waals surface area contributed by atoms with Crippen molar-refractivity contribution in [1.82, 2.24) is 19.4 Å². The van der Waals surface area contributed by atoms with Crippen molar-refractivity contribution in [1.29, 1.82) is 10.0 Å². The molecule has 0 saturated carbocycles. The number of pyridine rings is 1. The Morgan fingerprint density at radius 3 is 2.59 bits per heavy atom. The van der Waals surface area contributed by atoms with E-state index < -0.39 is 21.5 Å². The molecule has 0 spiro atoms. The van der Waals surface area contributed by atoms with Crippen LogP contribution in [-0.4, -0.2) is 67.7 Å². The van der Waals surface area contributed by atoms with Crippen molar-refractivity contribution < 1.29 is 27.7 Å². The number of piperidine rings is 1. The van der Waals surface area contributed by atoms with E-state index in [2.05, 4.69) is 9.97 Å². The third-order valence-corrected chi connectivity index (χ3v) is 8.53. The summed E-state index contributed by atoms with van der Waals surface area (Å²) in [4.78, 5) is 36.8. The number of nitrogens with zero attached hydrogens (tertiary/aromatic N) is 5. The Bertz CT molecular complexity index is 1880. The minimum absolute atomic E-state index is 0.0190. The molecule has 13 heteroatoms. The standard InChI is InChI=1S/C31H31FN6O5S/c1-42-31(40)22-8-9-26-27(17-22)38(14-15-44(2,34)41)29(36-26)30(39)37-12-10-21(11-13-37)25-4-3-5-28(35-25)43-19-23-7-6-20(18-33)16-24(23)32/h3-9,16-17,21,34H,10-15,19H2,1-2H3. The molecule has 1 aliphatic heterocycles. The summed E-state index contributed by atoms with van der Waals surface area (Å²) in [6.45, 7) is 0.995. The van der Waals surface area contributed by atoms with Crippen molar-refractivity contribution in [3.63, 3.8) is 0 Å². The lowest BCUT2D eigenvalue weighted by Gasteiger charge is -2.31. The zero-order valence-electron chi connectivity index (χ0n) is 24.3. The summed E-state index contributed by atoms with van der Waals surface area (Å²) in [7, 11) is -1.56. The van der Waals surface area contributed by atoms with Crippen LogP contribution in [0.1, 0.15) is 56.6 Å². The highest BCUT2D eigenvalue weighted by molar-refractivity contribution is 7.91. The molecule has 3 heterocycles. The number of amides is 1. The van der Waals surface area contributed by atoms with Gasteiger partial charge in [0.1, 0.15) is 12.4 Å². The van der Waals surface area contributed by atoms with Crippen LogP contribution in [0.4, 0.5) is 4.39 Å². The van der Waals surface area contributed by atoms with Crippen molar-refractivity contribution in [2.45, 2.75) is 31.9 Å². The van der Waals surface area contributed by atoms with E-state index >= 15 is 0 Å². The van der Waals surface area contributed by atoms with Crippen LogP contribution in [0.5, 0.6) is 5.88 Å². The quantitative estimate of drug-likeness (QED) is 0.269. The van der Waals surface area contributed by atoms with E-state index in [0.717, 1.165) is 5.69 Å². The van der Waals surface area contributed by atoms with E-state index in [4.69, 9.17) is 19.5 Å². The van der Waals surface area contributed by atoms with Gasteiger partial charge >= 0.3 is 5.97 Å². The van der Waals surface area contributed by atoms with Gasteiger partial charge in [-0.2, -0.15) is 5.26 Å². The van der Waals surface area contributed by atoms with E-state index in [-0.39, 0.29) is 42.1 Å². The number of nitriles is 1. The maximum Gasteiger partial charge on any atom is 0.337 e. The topological polar surface area (TPSA) is 151 Å². The molecule has 1 amide bonds. The molecule has 1 unspecified atom stereocenters. The number of likely N-dealkylation sites (tertiary alicyclic amines) is 1. The molecule has 4 aromatic rings. The Balaban J connectivity index is 1.29. The third kappa shape index (κ3) is 6.86. The first-order valence-electron chi connectivity index (χ1n) is 13.9. The van der Waals surface area contributed by atoms with Gasteiger partial charge in [0, 0.05) is 64.6 Å². The Hall–Kier alpha value is -4.83. The minimum Gasteiger partial charge on any atom is -0.473 e. The maximum absolute atomic E-state index is 14.3. The number of benzene rings is 2. The number of esters is 1. The van der Waals surface area contributed by atoms with Crippen molar-refractivity contribution in [3.05, 3.63) is 88.6 Å². The first kappa shape index (κ1) is 30.6. The molecular formula is C31H31FN6O5S. The largest absolute Gasteiger partial charge is 0.473 e. The van der Waals surface area contributed by atoms with Crippen LogP contribution in [0, 0.1) is 21.9 Å². The predicted molar refractivity (Wildman–Crippen MR) is 160 cm³/mol. The molecule has 1 atom stereocenters. The second kappa shape index (κ2) is 12.8. The SMILES string of the molecule is COC(=O)c1ccc2nc(C(=O)N3CCC(c4cccc(OCc5ccc(C#N)cc5F)n4)CC3)n(CCS(C)(=N)=O)c2c1. The Morgan fingerprint density at radius 1 is 1.14 bits per heavy atom. The highest BCUT2D eigenvalue weighted by atomic mass is 32.2. The molecule has 1 saturated heterocycles. The number of carbonyl (C=O) groups excluding carboxylic acids is 2. The molecule has 2 aromatic carbocycles. The number of rotatable bonds is 9. The fraction of sp³-hybridized carbons (Fsp3) is 0.323. The van der Waals surface area contributed by atoms with Crippen molar-refractivity contribution in [2.24, 2.45) is 0 Å². The number of methoxy groups -OCH3 is 1. The summed E-state index contributed by atoms with van der Waals surface area (Å²) in [6, 6.07) is 16.4. The summed E-state index contributed by atoms with van der Waals surface area (Å²) in [5, 5.41) is 8.93. The fourth-order valence-corrected chi connectivity index (χ4v) is 5.70. The van der Waals surface area contributed by atoms with Crippen molar-refractivity contribution in [2.75, 3.05) is 32.2 Å². The highest BCUT2D eigenvalue weighted by Crippen LogP contribution is 2.29. The fourth-order valence-electron chi connectivity index (χ4n) is 5.17. The van der Waals surface area contributed by atoms with Gasteiger partial charge in [0.15, 0.2) is 5.82 Å². The molecule has 1 fully saturated rings. The molecular weight excluding hydrogens is 587 g/mol. The third-order valence-electron chi connectivity index (χ3n) is 7.57. The second-order valence-corrected chi connectivity index (χ2v) is 13.1. The highest BCUT2D eigenvalue weighted by Gasteiger charge is 2.29. The van der Waals surface area contributed by atoms with Crippen LogP contribution in [0.3, 0.4) is 0 Å². The van der Waals surface area contributed by atoms with E-state index in [1.807, 2.05) is 18.2 Å². The molecule has 2 aromatic heterocycles. The molecule has 1 N–H and O–H groups in total. The zero-order chi connectivity index (χ0) is 31.4. The Kier molecular flexibility index (Phi) is 8.91. The first-order chi connectivity index (χ1) is 21.1. The smallest absolute Gasteiger partial charge is 0.337 e. The van der Waals surface area contributed by atoms with E-state index in [1.54, 1.807) is 33.7 Å². The van der Waals surface area contributed by atoms with Gasteiger partial charge in [0.2, 0.25) is 5.88 Å². The van der Waals surface area contributed by atoms with Crippen LogP contribution in [0.25, 0.3) is 11.0 Å². The van der Waals surface area contributed by atoms with E-state index in [0.29, 0.717) is 54.0 Å². The first-order valence-corrected chi connectivity index (χ1v) is 16.1. The van der Waals surface area contributed by atoms with Crippen molar-refractivity contribution >= 4 is 32.6 Å². The molecule has 0 aliphatic carbocycles. The van der Waals surface area contributed by atoms with E-state index in [1.165, 1.54) is 31.6 Å². The lowest BCUT2D eigenvalue weighted by molar-refractivity contribution is 0.0600. The van der Waals surface area contributed by atoms with E-state index in [9.17, 15) is 18.2 Å². The lowest BCUT2D eigenvalue weighted by atomic mass is 9.93. The molecule has 11 nitrogen and oxygen atoms in total. The molecule has 0 bridgehead atoms. The summed E-state index contributed by atoms with van der Waals surface area (Å²) < 4.78 is 46.5. The molecule has 0 radical (unpaired) electrons. The van der Waals surface area contributed by atoms with Gasteiger partial charge in [0.25, 0.3) is 5.91 Å². The Morgan fingerprint density at radius 2 is 1.91 bits per heavy atom. The van der Waals surface area contributed by atoms with Gasteiger partial charge in [-0.25, -0.2) is 19.2 Å². The monoisotopic (exact) mass is 618 g/mol. The maximum atomic E-state index is 14.3. The van der Waals surface area contributed by atoms with Gasteiger partial charge in [-0.3, -0.25) is 13.8 Å². The summed E-state index contributed by atoms with van der Waals surface area (Å²) in [5.41, 5.74) is 2.69. The predicted octanol–water partition coefficient (Wildman–Crippen LogP) is 4.50. The lowest BCUT2D eigenvalue weighted by Crippen LogP contribution is -2.39. The minimum atomic E-state index is -2.85. The molecule has 1 aliphatic rings. The normalized spacial score (nSPS) is 15.0. The van der Waals surface area contributed by atoms with Crippen LogP contribution < -0.4 is 4.74 Å². The number of hydrogen-bond donors (Lipinski definition) is 1. The number of fused-ring (bicyclic) bond motifs is 1. The number of halogens is 1. The zero-order valence-corrected chi connectivity index (χ0v) is 25.1. The van der Waals surface area contributed by atoms with Gasteiger partial charge in [0.05, 0.1) is 35.3 Å². The van der Waals surface area contributed by atoms with Crippen LogP contribution in [0.2, 0.25) is 0 Å². The van der Waals surface area contributed by atoms with Crippen LogP contribution in [0.15, 0.2) is 54.6 Å².